The third-order valence-corrected chi connectivity index (χ3v) is 1.52. The van der Waals surface area contributed by atoms with Gasteiger partial charge in [0.2, 0.25) is 0 Å². The average Bonchev–Trinajstić information content (AvgIpc) is 2.36. The molecule has 7 heteroatoms. The third-order valence-electron chi connectivity index (χ3n) is 1.19. The summed E-state index contributed by atoms with van der Waals surface area (Å²) in [6, 6.07) is 0. The van der Waals surface area contributed by atoms with Gasteiger partial charge in [0.15, 0.2) is 4.77 Å². The monoisotopic (exact) mass is 188 g/mol. The van der Waals surface area contributed by atoms with E-state index in [2.05, 4.69) is 14.9 Å². The van der Waals surface area contributed by atoms with Crippen LogP contribution in [0.2, 0.25) is 0 Å². The van der Waals surface area contributed by atoms with E-state index >= 15 is 0 Å². The minimum Gasteiger partial charge on any atom is -0.448 e. The molecule has 0 bridgehead atoms. The van der Waals surface area contributed by atoms with Gasteiger partial charge in [-0.2, -0.15) is 5.10 Å². The summed E-state index contributed by atoms with van der Waals surface area (Å²) < 4.78 is 6.63. The van der Waals surface area contributed by atoms with Gasteiger partial charge in [0.1, 0.15) is 12.9 Å². The molecule has 1 rings (SSSR count). The minimum absolute atomic E-state index is 0.198. The van der Waals surface area contributed by atoms with Crippen LogP contribution < -0.4 is 5.73 Å². The molecule has 6 nitrogen and oxygen atoms in total. The zero-order valence-corrected chi connectivity index (χ0v) is 7.00. The number of ether oxygens (including phenoxy) is 1. The van der Waals surface area contributed by atoms with Crippen molar-refractivity contribution in [2.45, 2.75) is 6.54 Å². The molecule has 0 aromatic carbocycles. The Balaban J connectivity index is 2.39. The van der Waals surface area contributed by atoms with E-state index in [1.807, 2.05) is 0 Å². The second-order valence-electron chi connectivity index (χ2n) is 2.02. The lowest BCUT2D eigenvalue weighted by Gasteiger charge is -2.00. The fourth-order valence-corrected chi connectivity index (χ4v) is 0.865. The number of hydrogen-bond acceptors (Lipinski definition) is 4. The smallest absolute Gasteiger partial charge is 0.404 e. The Morgan fingerprint density at radius 1 is 1.92 bits per heavy atom. The van der Waals surface area contributed by atoms with Crippen molar-refractivity contribution < 1.29 is 9.53 Å². The molecule has 3 N–H and O–H groups in total. The summed E-state index contributed by atoms with van der Waals surface area (Å²) in [5.41, 5.74) is 4.75. The van der Waals surface area contributed by atoms with Crippen LogP contribution in [0.4, 0.5) is 4.79 Å². The number of nitrogens with one attached hydrogen (secondary N) is 1. The molecule has 0 fully saturated rings. The van der Waals surface area contributed by atoms with Gasteiger partial charge in [0.05, 0.1) is 6.54 Å². The molecule has 0 saturated heterocycles. The molecular weight excluding hydrogens is 180 g/mol. The number of carbonyl (C=O) groups excluding carboxylic acids is 1. The molecule has 0 aliphatic heterocycles. The lowest BCUT2D eigenvalue weighted by atomic mass is 10.7. The van der Waals surface area contributed by atoms with Crippen molar-refractivity contribution in [3.8, 4) is 0 Å². The predicted molar refractivity (Wildman–Crippen MR) is 42.9 cm³/mol. The van der Waals surface area contributed by atoms with Crippen LogP contribution >= 0.6 is 12.2 Å². The quantitative estimate of drug-likeness (QED) is 0.655. The number of aromatic amines is 1. The molecule has 1 amide bonds. The van der Waals surface area contributed by atoms with Crippen molar-refractivity contribution in [2.24, 2.45) is 5.73 Å². The normalized spacial score (nSPS) is 9.67. The van der Waals surface area contributed by atoms with E-state index in [1.165, 1.54) is 6.33 Å². The summed E-state index contributed by atoms with van der Waals surface area (Å²) in [6.45, 7) is 0.654. The standard InChI is InChI=1S/C5H8N4O2S/c6-4(10)11-2-1-9-3-7-8-5(9)12/h3H,1-2H2,(H2,6,10)(H,8,12). The van der Waals surface area contributed by atoms with Gasteiger partial charge in [-0.3, -0.25) is 5.10 Å². The van der Waals surface area contributed by atoms with Crippen molar-refractivity contribution >= 4 is 18.3 Å². The van der Waals surface area contributed by atoms with Crippen molar-refractivity contribution in [3.05, 3.63) is 11.1 Å². The molecule has 1 aromatic rings. The molecule has 0 atom stereocenters. The molecule has 0 radical (unpaired) electrons. The fraction of sp³-hybridized carbons (Fsp3) is 0.400. The zero-order chi connectivity index (χ0) is 8.97. The molecule has 0 aliphatic carbocycles. The summed E-state index contributed by atoms with van der Waals surface area (Å²) in [6.07, 6.45) is 0.733. The molecule has 12 heavy (non-hydrogen) atoms. The van der Waals surface area contributed by atoms with Gasteiger partial charge in [-0.25, -0.2) is 4.79 Å². The molecular formula is C5H8N4O2S. The molecule has 0 saturated carbocycles. The molecule has 0 aliphatic rings. The Labute approximate surface area is 73.3 Å². The van der Waals surface area contributed by atoms with E-state index in [1.54, 1.807) is 4.57 Å². The van der Waals surface area contributed by atoms with Crippen molar-refractivity contribution in [3.63, 3.8) is 0 Å². The Kier molecular flexibility index (Phi) is 2.81. The van der Waals surface area contributed by atoms with Crippen LogP contribution in [0.5, 0.6) is 0 Å². The highest BCUT2D eigenvalue weighted by Gasteiger charge is 1.95. The summed E-state index contributed by atoms with van der Waals surface area (Å²) in [5, 5.41) is 6.24. The largest absolute Gasteiger partial charge is 0.448 e. The number of amides is 1. The van der Waals surface area contributed by atoms with Crippen molar-refractivity contribution in [2.75, 3.05) is 6.61 Å². The maximum atomic E-state index is 10.2. The number of H-pyrrole nitrogens is 1. The van der Waals surface area contributed by atoms with Crippen molar-refractivity contribution in [1.82, 2.24) is 14.8 Å². The topological polar surface area (TPSA) is 85.9 Å². The number of carbonyl (C=O) groups is 1. The highest BCUT2D eigenvalue weighted by molar-refractivity contribution is 7.71. The second-order valence-corrected chi connectivity index (χ2v) is 2.41. The minimum atomic E-state index is -0.787. The number of rotatable bonds is 3. The van der Waals surface area contributed by atoms with E-state index in [-0.39, 0.29) is 6.61 Å². The first kappa shape index (κ1) is 8.72. The lowest BCUT2D eigenvalue weighted by Crippen LogP contribution is -2.16. The molecule has 0 unspecified atom stereocenters. The fourth-order valence-electron chi connectivity index (χ4n) is 0.674. The predicted octanol–water partition coefficient (Wildman–Crippen LogP) is 0.0360. The molecule has 1 heterocycles. The van der Waals surface area contributed by atoms with Gasteiger partial charge in [-0.15, -0.1) is 0 Å². The summed E-state index contributed by atoms with van der Waals surface area (Å²) in [4.78, 5) is 10.2. The maximum absolute atomic E-state index is 10.2. The Morgan fingerprint density at radius 3 is 3.17 bits per heavy atom. The van der Waals surface area contributed by atoms with Crippen LogP contribution in [0, 0.1) is 4.77 Å². The van der Waals surface area contributed by atoms with E-state index in [4.69, 9.17) is 18.0 Å². The van der Waals surface area contributed by atoms with E-state index in [0.717, 1.165) is 0 Å². The zero-order valence-electron chi connectivity index (χ0n) is 6.19. The maximum Gasteiger partial charge on any atom is 0.404 e. The van der Waals surface area contributed by atoms with Crippen LogP contribution in [0.1, 0.15) is 0 Å². The first-order valence-electron chi connectivity index (χ1n) is 3.22. The van der Waals surface area contributed by atoms with Gasteiger partial charge in [-0.1, -0.05) is 0 Å². The van der Waals surface area contributed by atoms with Crippen LogP contribution in [0.25, 0.3) is 0 Å². The van der Waals surface area contributed by atoms with Crippen molar-refractivity contribution in [1.29, 1.82) is 0 Å². The summed E-state index contributed by atoms with van der Waals surface area (Å²) in [5.74, 6) is 0. The summed E-state index contributed by atoms with van der Waals surface area (Å²) in [7, 11) is 0. The van der Waals surface area contributed by atoms with Gasteiger partial charge < -0.3 is 15.0 Å². The first-order chi connectivity index (χ1) is 5.70. The van der Waals surface area contributed by atoms with Crippen LogP contribution in [-0.4, -0.2) is 27.5 Å². The number of nitrogens with zero attached hydrogens (tertiary/aromatic N) is 2. The van der Waals surface area contributed by atoms with E-state index in [9.17, 15) is 4.79 Å². The third kappa shape index (κ3) is 2.35. The summed E-state index contributed by atoms with van der Waals surface area (Å²) >= 11 is 4.84. The second kappa shape index (κ2) is 3.86. The Bertz CT molecular complexity index is 317. The first-order valence-corrected chi connectivity index (χ1v) is 3.63. The number of primary amides is 1. The van der Waals surface area contributed by atoms with Gasteiger partial charge in [0.25, 0.3) is 0 Å². The lowest BCUT2D eigenvalue weighted by molar-refractivity contribution is 0.152. The van der Waals surface area contributed by atoms with Gasteiger partial charge >= 0.3 is 6.09 Å². The molecule has 66 valence electrons. The van der Waals surface area contributed by atoms with E-state index in [0.29, 0.717) is 11.3 Å². The van der Waals surface area contributed by atoms with Crippen LogP contribution in [0.15, 0.2) is 6.33 Å². The number of hydrogen-bond donors (Lipinski definition) is 2. The van der Waals surface area contributed by atoms with Gasteiger partial charge in [-0.05, 0) is 12.2 Å². The Morgan fingerprint density at radius 2 is 2.67 bits per heavy atom. The SMILES string of the molecule is NC(=O)OCCn1cn[nH]c1=S. The van der Waals surface area contributed by atoms with Gasteiger partial charge in [0, 0.05) is 0 Å². The number of aromatic nitrogens is 3. The average molecular weight is 188 g/mol. The molecule has 1 aromatic heterocycles. The highest BCUT2D eigenvalue weighted by Crippen LogP contribution is 1.87. The highest BCUT2D eigenvalue weighted by atomic mass is 32.1. The number of nitrogens with two attached hydrogens (primary N) is 1. The Hall–Kier alpha value is -1.37. The van der Waals surface area contributed by atoms with E-state index < -0.39 is 6.09 Å². The molecule has 0 spiro atoms. The van der Waals surface area contributed by atoms with Crippen LogP contribution in [-0.2, 0) is 11.3 Å². The van der Waals surface area contributed by atoms with Crippen LogP contribution in [0.3, 0.4) is 0 Å².